The first kappa shape index (κ1) is 27.1. The Balaban J connectivity index is 0. The van der Waals surface area contributed by atoms with Crippen LogP contribution in [-0.2, 0) is 65.2 Å². The molecule has 0 unspecified atom stereocenters. The summed E-state index contributed by atoms with van der Waals surface area (Å²) in [7, 11) is 4.13. The van der Waals surface area contributed by atoms with Crippen molar-refractivity contribution in [1.82, 2.24) is 0 Å². The number of hydrogen-bond donors (Lipinski definition) is 1. The molecule has 26 heavy (non-hydrogen) atoms. The monoisotopic (exact) mass is 512 g/mol. The van der Waals surface area contributed by atoms with Crippen molar-refractivity contribution < 1.29 is 87.7 Å². The number of hydrogen-bond acceptors (Lipinski definition) is 9. The maximum Gasteiger partial charge on any atom is 0.166 e. The van der Waals surface area contributed by atoms with Gasteiger partial charge < -0.3 is 0 Å². The Morgan fingerprint density at radius 2 is 0.923 bits per heavy atom. The number of pyridine rings is 2. The van der Waals surface area contributed by atoms with E-state index >= 15 is 0 Å². The van der Waals surface area contributed by atoms with Crippen molar-refractivity contribution in [2.45, 2.75) is 0 Å². The van der Waals surface area contributed by atoms with E-state index in [1.54, 1.807) is 0 Å². The minimum atomic E-state index is -6.07. The van der Waals surface area contributed by atoms with Gasteiger partial charge in [0.15, 0.2) is 24.8 Å². The summed E-state index contributed by atoms with van der Waals surface area (Å²) in [4.78, 5) is 5.78. The number of rotatable bonds is 2. The number of aromatic amines is 2. The summed E-state index contributed by atoms with van der Waals surface area (Å²) in [6, 6.07) is 11.7. The largest absolute Gasteiger partial charge is 0.218 e. The third-order valence-corrected chi connectivity index (χ3v) is 4.05. The summed E-state index contributed by atoms with van der Waals surface area (Å²) in [5.41, 5.74) is 0. The summed E-state index contributed by atoms with van der Waals surface area (Å²) in [6.07, 6.45) is 7.50. The Hall–Kier alpha value is -1.17. The van der Waals surface area contributed by atoms with Gasteiger partial charge in [-0.3, -0.25) is 0 Å². The van der Waals surface area contributed by atoms with E-state index in [9.17, 15) is 23.5 Å². The number of halogens is 1. The second-order valence-corrected chi connectivity index (χ2v) is 9.99. The van der Waals surface area contributed by atoms with Gasteiger partial charge in [0.25, 0.3) is 0 Å². The van der Waals surface area contributed by atoms with Crippen LogP contribution in [0.25, 0.3) is 0 Å². The Labute approximate surface area is 158 Å². The van der Waals surface area contributed by atoms with E-state index in [1.807, 2.05) is 61.2 Å². The molecule has 0 aliphatic heterocycles. The quantitative estimate of drug-likeness (QED) is 0.466. The molecule has 2 rings (SSSR count). The molecule has 0 saturated carbocycles. The van der Waals surface area contributed by atoms with Gasteiger partial charge in [0.05, 0.1) is 0 Å². The van der Waals surface area contributed by atoms with Crippen LogP contribution < -0.4 is 18.3 Å². The van der Waals surface area contributed by atoms with Crippen LogP contribution in [0.5, 0.6) is 0 Å². The first-order valence-corrected chi connectivity index (χ1v) is 13.4. The first-order valence-electron chi connectivity index (χ1n) is 5.82. The number of aromatic nitrogens is 2. The van der Waals surface area contributed by atoms with E-state index in [1.165, 1.54) is 0 Å². The molecule has 148 valence electrons. The van der Waals surface area contributed by atoms with Crippen LogP contribution in [0, 0.1) is 0 Å². The summed E-state index contributed by atoms with van der Waals surface area (Å²) >= 11 is -16.9. The van der Waals surface area contributed by atoms with Crippen molar-refractivity contribution in [3.8, 4) is 0 Å². The smallest absolute Gasteiger partial charge is 0.166 e. The van der Waals surface area contributed by atoms with Gasteiger partial charge in [0, 0.05) is 24.3 Å². The molecule has 12 nitrogen and oxygen atoms in total. The van der Waals surface area contributed by atoms with E-state index in [0.717, 1.165) is 0 Å². The molecule has 0 atom stereocenters. The van der Waals surface area contributed by atoms with E-state index in [4.69, 9.17) is 11.8 Å². The molecule has 3 N–H and O–H groups in total. The molecule has 0 aromatic carbocycles. The number of nitrogens with one attached hydrogen (secondary N) is 2. The Kier molecular flexibility index (Phi) is 14.5. The molecule has 0 bridgehead atoms. The SMILES string of the molecule is [O]=[Cr](=[O])([O-])[O][Cr](=[O])(=[O])[O-].[O]=[Cr](=[O])([OH])[Cl].c1cc[nH+]cc1.c1cc[nH+]cc1. The van der Waals surface area contributed by atoms with Gasteiger partial charge in [0.1, 0.15) is 0 Å². The van der Waals surface area contributed by atoms with Crippen LogP contribution in [0.4, 0.5) is 0 Å². The third kappa shape index (κ3) is 38.4. The Morgan fingerprint density at radius 3 is 0.962 bits per heavy atom. The Morgan fingerprint density at radius 1 is 0.692 bits per heavy atom. The zero-order chi connectivity index (χ0) is 20.7. The van der Waals surface area contributed by atoms with E-state index < -0.39 is 39.6 Å². The molecule has 2 heterocycles. The van der Waals surface area contributed by atoms with Crippen LogP contribution in [0.1, 0.15) is 0 Å². The van der Waals surface area contributed by atoms with Gasteiger partial charge in [-0.05, 0) is 0 Å². The molecule has 0 aliphatic carbocycles. The summed E-state index contributed by atoms with van der Waals surface area (Å²) in [6.45, 7) is 0. The van der Waals surface area contributed by atoms with Crippen LogP contribution in [0.2, 0.25) is 0 Å². The summed E-state index contributed by atoms with van der Waals surface area (Å²) in [5, 5.41) is 0. The fourth-order valence-corrected chi connectivity index (χ4v) is 2.42. The third-order valence-electron chi connectivity index (χ3n) is 1.38. The molecular weight excluding hydrogens is 500 g/mol. The van der Waals surface area contributed by atoms with Crippen molar-refractivity contribution in [2.75, 3.05) is 0 Å². The molecular formula is C10H13ClCr3N2O10. The zero-order valence-electron chi connectivity index (χ0n) is 12.5. The average Bonchev–Trinajstić information content (AvgIpc) is 2.47. The normalized spacial score (nSPS) is 10.6. The van der Waals surface area contributed by atoms with Crippen LogP contribution in [0.15, 0.2) is 61.2 Å². The van der Waals surface area contributed by atoms with E-state index in [-0.39, 0.29) is 0 Å². The second kappa shape index (κ2) is 14.0. The minimum absolute atomic E-state index is 1.88. The van der Waals surface area contributed by atoms with Crippen molar-refractivity contribution in [2.24, 2.45) is 0 Å². The van der Waals surface area contributed by atoms with Crippen molar-refractivity contribution in [3.05, 3.63) is 61.2 Å². The first-order chi connectivity index (χ1) is 11.7. The second-order valence-electron chi connectivity index (χ2n) is 3.45. The molecule has 16 heteroatoms. The van der Waals surface area contributed by atoms with Gasteiger partial charge in [-0.15, -0.1) is 0 Å². The van der Waals surface area contributed by atoms with Crippen molar-refractivity contribution in [3.63, 3.8) is 0 Å². The minimum Gasteiger partial charge on any atom is -0.218 e. The van der Waals surface area contributed by atoms with Crippen LogP contribution in [0.3, 0.4) is 0 Å². The fraction of sp³-hybridized carbons (Fsp3) is 0. The Bertz CT molecular complexity index is 768. The van der Waals surface area contributed by atoms with Crippen molar-refractivity contribution in [1.29, 1.82) is 0 Å². The van der Waals surface area contributed by atoms with Gasteiger partial charge in [-0.1, -0.05) is 12.1 Å². The summed E-state index contributed by atoms with van der Waals surface area (Å²) in [5.74, 6) is 0. The zero-order valence-corrected chi connectivity index (χ0v) is 17.1. The molecule has 0 amide bonds. The average molecular weight is 513 g/mol. The molecule has 0 aliphatic rings. The van der Waals surface area contributed by atoms with Gasteiger partial charge in [0.2, 0.25) is 0 Å². The number of H-pyrrole nitrogens is 2. The standard InChI is InChI=1S/2C5H5N.ClH.3Cr.H2O.9O/c2*1-2-4-6-5-3-1;;;;;;;;;;;;;;/h2*1-5H;1H;;;;1H2;;;;;;;;;/q;;;;;+2;;;;;;;;;2*-1. The topological polar surface area (TPSA) is 206 Å². The van der Waals surface area contributed by atoms with E-state index in [2.05, 4.69) is 22.9 Å². The predicted octanol–water partition coefficient (Wildman–Crippen LogP) is -2.03. The van der Waals surface area contributed by atoms with Crippen molar-refractivity contribution >= 4 is 10.0 Å². The van der Waals surface area contributed by atoms with Gasteiger partial charge >= 0.3 is 87.8 Å². The fourth-order valence-electron chi connectivity index (χ4n) is 0.786. The molecule has 0 radical (unpaired) electrons. The summed E-state index contributed by atoms with van der Waals surface area (Å²) < 4.78 is 84.3. The maximum absolute atomic E-state index is 9.38. The predicted molar refractivity (Wildman–Crippen MR) is 59.3 cm³/mol. The molecule has 2 aromatic rings. The van der Waals surface area contributed by atoms with Gasteiger partial charge in [-0.2, -0.15) is 0 Å². The maximum atomic E-state index is 9.38. The molecule has 0 fully saturated rings. The molecule has 2 aromatic heterocycles. The van der Waals surface area contributed by atoms with Crippen LogP contribution in [-0.4, -0.2) is 4.16 Å². The van der Waals surface area contributed by atoms with E-state index in [0.29, 0.717) is 0 Å². The van der Waals surface area contributed by atoms with Crippen LogP contribution >= 0.6 is 10.0 Å². The molecule has 0 saturated heterocycles. The molecule has 0 spiro atoms. The van der Waals surface area contributed by atoms with Gasteiger partial charge in [-0.25, -0.2) is 9.97 Å².